The molecule has 132 valence electrons. The molecule has 2 aromatic heterocycles. The molecule has 3 rings (SSSR count). The van der Waals surface area contributed by atoms with E-state index in [0.717, 1.165) is 32.0 Å². The Hall–Kier alpha value is -2.47. The zero-order chi connectivity index (χ0) is 17.8. The number of anilines is 1. The molecule has 0 bridgehead atoms. The van der Waals surface area contributed by atoms with Crippen molar-refractivity contribution in [2.24, 2.45) is 0 Å². The third-order valence-electron chi connectivity index (χ3n) is 4.77. The van der Waals surface area contributed by atoms with Crippen molar-refractivity contribution in [2.75, 3.05) is 45.2 Å². The number of carbonyl (C=O) groups is 1. The Bertz CT molecular complexity index is 711. The van der Waals surface area contributed by atoms with Crippen LogP contribution in [0, 0.1) is 0 Å². The molecule has 1 fully saturated rings. The highest BCUT2D eigenvalue weighted by Gasteiger charge is 2.25. The van der Waals surface area contributed by atoms with Crippen LogP contribution in [-0.4, -0.2) is 65.9 Å². The van der Waals surface area contributed by atoms with E-state index in [1.807, 2.05) is 42.2 Å². The molecule has 6 heteroatoms. The molecule has 6 nitrogen and oxygen atoms in total. The van der Waals surface area contributed by atoms with Gasteiger partial charge in [0, 0.05) is 70.5 Å². The van der Waals surface area contributed by atoms with Gasteiger partial charge in [-0.1, -0.05) is 6.07 Å². The molecule has 25 heavy (non-hydrogen) atoms. The molecular formula is C19H25N5O. The zero-order valence-electron chi connectivity index (χ0n) is 15.1. The lowest BCUT2D eigenvalue weighted by Crippen LogP contribution is -2.49. The van der Waals surface area contributed by atoms with Crippen LogP contribution in [0.4, 0.5) is 5.82 Å². The van der Waals surface area contributed by atoms with Crippen LogP contribution in [0.15, 0.2) is 42.9 Å². The number of aromatic nitrogens is 2. The minimum absolute atomic E-state index is 0.0826. The Balaban J connectivity index is 1.62. The van der Waals surface area contributed by atoms with E-state index < -0.39 is 0 Å². The van der Waals surface area contributed by atoms with Crippen molar-refractivity contribution in [3.05, 3.63) is 54.0 Å². The fraction of sp³-hybridized carbons (Fsp3) is 0.421. The van der Waals surface area contributed by atoms with E-state index in [2.05, 4.69) is 27.9 Å². The van der Waals surface area contributed by atoms with E-state index in [9.17, 15) is 4.79 Å². The maximum atomic E-state index is 12.8. The standard InChI is InChI=1S/C19H25N5O/c1-15(17-5-4-7-20-14-17)23-9-11-24(12-10-23)19(25)16-6-8-21-18(13-16)22(2)3/h4-8,13-15H,9-12H2,1-3H3. The first kappa shape index (κ1) is 17.4. The number of pyridine rings is 2. The van der Waals surface area contributed by atoms with Crippen LogP contribution in [-0.2, 0) is 0 Å². The van der Waals surface area contributed by atoms with E-state index in [0.29, 0.717) is 11.6 Å². The van der Waals surface area contributed by atoms with Crippen LogP contribution < -0.4 is 4.90 Å². The maximum Gasteiger partial charge on any atom is 0.254 e. The highest BCUT2D eigenvalue weighted by atomic mass is 16.2. The average Bonchev–Trinajstić information content (AvgIpc) is 2.67. The van der Waals surface area contributed by atoms with Crippen LogP contribution in [0.3, 0.4) is 0 Å². The molecule has 1 aliphatic rings. The van der Waals surface area contributed by atoms with Crippen molar-refractivity contribution in [2.45, 2.75) is 13.0 Å². The molecule has 1 unspecified atom stereocenters. The number of hydrogen-bond acceptors (Lipinski definition) is 5. The lowest BCUT2D eigenvalue weighted by atomic mass is 10.1. The summed E-state index contributed by atoms with van der Waals surface area (Å²) in [5, 5.41) is 0. The van der Waals surface area contributed by atoms with Crippen LogP contribution >= 0.6 is 0 Å². The normalized spacial score (nSPS) is 16.5. The Kier molecular flexibility index (Phi) is 5.28. The van der Waals surface area contributed by atoms with Gasteiger partial charge >= 0.3 is 0 Å². The first-order chi connectivity index (χ1) is 12.1. The SMILES string of the molecule is CC(c1cccnc1)N1CCN(C(=O)c2ccnc(N(C)C)c2)CC1. The van der Waals surface area contributed by atoms with Gasteiger partial charge in [0.1, 0.15) is 5.82 Å². The summed E-state index contributed by atoms with van der Waals surface area (Å²) in [6.45, 7) is 5.41. The molecule has 0 spiro atoms. The second-order valence-electron chi connectivity index (χ2n) is 6.59. The monoisotopic (exact) mass is 339 g/mol. The molecule has 3 heterocycles. The molecule has 1 amide bonds. The predicted octanol–water partition coefficient (Wildman–Crippen LogP) is 2.06. The van der Waals surface area contributed by atoms with Crippen molar-refractivity contribution in [1.82, 2.24) is 19.8 Å². The molecule has 0 radical (unpaired) electrons. The molecule has 1 saturated heterocycles. The van der Waals surface area contributed by atoms with Gasteiger partial charge in [-0.05, 0) is 30.7 Å². The number of nitrogens with zero attached hydrogens (tertiary/aromatic N) is 5. The zero-order valence-corrected chi connectivity index (χ0v) is 15.1. The number of rotatable bonds is 4. The second kappa shape index (κ2) is 7.61. The Morgan fingerprint density at radius 3 is 2.56 bits per heavy atom. The third-order valence-corrected chi connectivity index (χ3v) is 4.77. The van der Waals surface area contributed by atoms with Gasteiger partial charge in [-0.2, -0.15) is 0 Å². The maximum absolute atomic E-state index is 12.8. The summed E-state index contributed by atoms with van der Waals surface area (Å²) >= 11 is 0. The van der Waals surface area contributed by atoms with Crippen molar-refractivity contribution in [1.29, 1.82) is 0 Å². The molecule has 0 N–H and O–H groups in total. The second-order valence-corrected chi connectivity index (χ2v) is 6.59. The van der Waals surface area contributed by atoms with Gasteiger partial charge in [0.05, 0.1) is 0 Å². The lowest BCUT2D eigenvalue weighted by Gasteiger charge is -2.38. The minimum atomic E-state index is 0.0826. The molecule has 2 aromatic rings. The topological polar surface area (TPSA) is 52.6 Å². The molecule has 1 aliphatic heterocycles. The number of amides is 1. The first-order valence-corrected chi connectivity index (χ1v) is 8.63. The van der Waals surface area contributed by atoms with E-state index in [1.54, 1.807) is 18.5 Å². The van der Waals surface area contributed by atoms with Gasteiger partial charge in [0.2, 0.25) is 0 Å². The van der Waals surface area contributed by atoms with Gasteiger partial charge in [0.25, 0.3) is 5.91 Å². The van der Waals surface area contributed by atoms with E-state index in [4.69, 9.17) is 0 Å². The summed E-state index contributed by atoms with van der Waals surface area (Å²) in [7, 11) is 3.85. The largest absolute Gasteiger partial charge is 0.363 e. The number of hydrogen-bond donors (Lipinski definition) is 0. The summed E-state index contributed by atoms with van der Waals surface area (Å²) in [6, 6.07) is 8.03. The Morgan fingerprint density at radius 2 is 1.92 bits per heavy atom. The Morgan fingerprint density at radius 1 is 1.16 bits per heavy atom. The summed E-state index contributed by atoms with van der Waals surface area (Å²) in [5.74, 6) is 0.883. The van der Waals surface area contributed by atoms with Gasteiger partial charge < -0.3 is 9.80 Å². The van der Waals surface area contributed by atoms with Crippen LogP contribution in [0.5, 0.6) is 0 Å². The molecule has 0 aromatic carbocycles. The van der Waals surface area contributed by atoms with Crippen LogP contribution in [0.25, 0.3) is 0 Å². The quantitative estimate of drug-likeness (QED) is 0.853. The highest BCUT2D eigenvalue weighted by molar-refractivity contribution is 5.94. The van der Waals surface area contributed by atoms with Gasteiger partial charge in [0.15, 0.2) is 0 Å². The third kappa shape index (κ3) is 3.96. The summed E-state index contributed by atoms with van der Waals surface area (Å²) in [5.41, 5.74) is 1.92. The van der Waals surface area contributed by atoms with Crippen molar-refractivity contribution in [3.63, 3.8) is 0 Å². The molecule has 0 saturated carbocycles. The first-order valence-electron chi connectivity index (χ1n) is 8.63. The summed E-state index contributed by atoms with van der Waals surface area (Å²) < 4.78 is 0. The average molecular weight is 339 g/mol. The minimum Gasteiger partial charge on any atom is -0.363 e. The van der Waals surface area contributed by atoms with E-state index in [1.165, 1.54) is 5.56 Å². The van der Waals surface area contributed by atoms with Gasteiger partial charge in [-0.3, -0.25) is 14.7 Å². The van der Waals surface area contributed by atoms with Crippen LogP contribution in [0.1, 0.15) is 28.9 Å². The van der Waals surface area contributed by atoms with Crippen molar-refractivity contribution in [3.8, 4) is 0 Å². The van der Waals surface area contributed by atoms with Gasteiger partial charge in [-0.25, -0.2) is 4.98 Å². The van der Waals surface area contributed by atoms with E-state index in [-0.39, 0.29) is 5.91 Å². The van der Waals surface area contributed by atoms with E-state index >= 15 is 0 Å². The molecule has 0 aliphatic carbocycles. The molecule has 1 atom stereocenters. The van der Waals surface area contributed by atoms with Crippen LogP contribution in [0.2, 0.25) is 0 Å². The fourth-order valence-electron chi connectivity index (χ4n) is 3.12. The molecular weight excluding hydrogens is 314 g/mol. The highest BCUT2D eigenvalue weighted by Crippen LogP contribution is 2.21. The van der Waals surface area contributed by atoms with Crippen molar-refractivity contribution >= 4 is 11.7 Å². The fourth-order valence-corrected chi connectivity index (χ4v) is 3.12. The van der Waals surface area contributed by atoms with Crippen molar-refractivity contribution < 1.29 is 4.79 Å². The number of piperazine rings is 1. The number of carbonyl (C=O) groups excluding carboxylic acids is 1. The predicted molar refractivity (Wildman–Crippen MR) is 98.7 cm³/mol. The van der Waals surface area contributed by atoms with Gasteiger partial charge in [-0.15, -0.1) is 0 Å². The summed E-state index contributed by atoms with van der Waals surface area (Å²) in [6.07, 6.45) is 5.41. The smallest absolute Gasteiger partial charge is 0.254 e. The lowest BCUT2D eigenvalue weighted by molar-refractivity contribution is 0.0582. The Labute approximate surface area is 149 Å². The summed E-state index contributed by atoms with van der Waals surface area (Å²) in [4.78, 5) is 27.5.